The van der Waals surface area contributed by atoms with Gasteiger partial charge in [-0.3, -0.25) is 24.0 Å². The van der Waals surface area contributed by atoms with E-state index in [1.54, 1.807) is 0 Å². The molecule has 0 aliphatic rings. The van der Waals surface area contributed by atoms with Crippen molar-refractivity contribution in [2.24, 2.45) is 11.7 Å². The minimum absolute atomic E-state index is 0.000253. The lowest BCUT2D eigenvalue weighted by molar-refractivity contribution is -0.142. The first-order valence-electron chi connectivity index (χ1n) is 11.1. The van der Waals surface area contributed by atoms with Gasteiger partial charge in [-0.1, -0.05) is 44.2 Å². The zero-order valence-corrected chi connectivity index (χ0v) is 19.6. The molecule has 1 rings (SSSR count). The molecule has 0 aromatic heterocycles. The van der Waals surface area contributed by atoms with Gasteiger partial charge in [-0.15, -0.1) is 0 Å². The Labute approximate surface area is 198 Å². The summed E-state index contributed by atoms with van der Waals surface area (Å²) in [5, 5.41) is 25.3. The highest BCUT2D eigenvalue weighted by Crippen LogP contribution is 2.09. The number of rotatable bonds is 14. The van der Waals surface area contributed by atoms with Crippen LogP contribution in [-0.2, 0) is 30.4 Å². The van der Waals surface area contributed by atoms with Crippen LogP contribution in [0.2, 0.25) is 0 Å². The molecule has 0 bridgehead atoms. The van der Waals surface area contributed by atoms with E-state index < -0.39 is 60.2 Å². The molecule has 7 N–H and O–H groups in total. The maximum atomic E-state index is 13.0. The van der Waals surface area contributed by atoms with Crippen LogP contribution in [0.5, 0.6) is 0 Å². The first-order valence-corrected chi connectivity index (χ1v) is 11.1. The molecule has 4 atom stereocenters. The number of hydrogen-bond donors (Lipinski definition) is 6. The molecule has 0 fully saturated rings. The Morgan fingerprint density at radius 3 is 1.94 bits per heavy atom. The summed E-state index contributed by atoms with van der Waals surface area (Å²) in [6, 6.07) is 4.68. The van der Waals surface area contributed by atoms with E-state index in [2.05, 4.69) is 16.0 Å². The summed E-state index contributed by atoms with van der Waals surface area (Å²) < 4.78 is 0. The summed E-state index contributed by atoms with van der Waals surface area (Å²) in [7, 11) is 0. The normalized spacial score (nSPS) is 14.4. The first kappa shape index (κ1) is 28.6. The molecule has 4 unspecified atom stereocenters. The molecule has 0 aliphatic carbocycles. The van der Waals surface area contributed by atoms with Crippen LogP contribution in [-0.4, -0.2) is 64.0 Å². The zero-order chi connectivity index (χ0) is 25.8. The summed E-state index contributed by atoms with van der Waals surface area (Å²) in [4.78, 5) is 60.1. The fraction of sp³-hybridized carbons (Fsp3) is 0.522. The predicted octanol–water partition coefficient (Wildman–Crippen LogP) is 0.0262. The summed E-state index contributed by atoms with van der Waals surface area (Å²) >= 11 is 0. The fourth-order valence-electron chi connectivity index (χ4n) is 3.13. The van der Waals surface area contributed by atoms with Crippen molar-refractivity contribution in [2.45, 2.75) is 70.6 Å². The van der Waals surface area contributed by atoms with Gasteiger partial charge < -0.3 is 31.9 Å². The molecule has 0 spiro atoms. The summed E-state index contributed by atoms with van der Waals surface area (Å²) in [6.07, 6.45) is -0.175. The predicted molar refractivity (Wildman–Crippen MR) is 124 cm³/mol. The maximum absolute atomic E-state index is 13.0. The number of hydrogen-bond acceptors (Lipinski definition) is 6. The van der Waals surface area contributed by atoms with Crippen LogP contribution >= 0.6 is 0 Å². The SMILES string of the molecule is CC(C)CC(NC(=O)C(N)Cc1ccccc1)C(=O)NC(CCC(=O)O)C(=O)NC(C)C(=O)O. The lowest BCUT2D eigenvalue weighted by atomic mass is 10.0. The van der Waals surface area contributed by atoms with E-state index in [0.29, 0.717) is 0 Å². The second-order valence-corrected chi connectivity index (χ2v) is 8.55. The standard InChI is InChI=1S/C23H34N4O7/c1-13(2)11-18(27-20(30)16(24)12-15-7-5-4-6-8-15)22(32)26-17(9-10-19(28)29)21(31)25-14(3)23(33)34/h4-8,13-14,16-18H,9-12,24H2,1-3H3,(H,25,31)(H,26,32)(H,27,30)(H,28,29)(H,33,34). The van der Waals surface area contributed by atoms with Crippen LogP contribution < -0.4 is 21.7 Å². The van der Waals surface area contributed by atoms with E-state index in [0.717, 1.165) is 5.56 Å². The van der Waals surface area contributed by atoms with E-state index >= 15 is 0 Å². The van der Waals surface area contributed by atoms with Crippen LogP contribution in [0.25, 0.3) is 0 Å². The zero-order valence-electron chi connectivity index (χ0n) is 19.6. The molecule has 11 nitrogen and oxygen atoms in total. The molecule has 0 saturated heterocycles. The third kappa shape index (κ3) is 10.4. The second kappa shape index (κ2) is 13.9. The quantitative estimate of drug-likeness (QED) is 0.216. The Morgan fingerprint density at radius 2 is 1.41 bits per heavy atom. The van der Waals surface area contributed by atoms with Crippen molar-refractivity contribution in [3.63, 3.8) is 0 Å². The van der Waals surface area contributed by atoms with Gasteiger partial charge >= 0.3 is 11.9 Å². The monoisotopic (exact) mass is 478 g/mol. The van der Waals surface area contributed by atoms with Crippen LogP contribution in [0, 0.1) is 5.92 Å². The topological polar surface area (TPSA) is 188 Å². The Balaban J connectivity index is 2.92. The number of nitrogens with one attached hydrogen (secondary N) is 3. The summed E-state index contributed by atoms with van der Waals surface area (Å²) in [5.41, 5.74) is 6.87. The second-order valence-electron chi connectivity index (χ2n) is 8.55. The highest BCUT2D eigenvalue weighted by Gasteiger charge is 2.30. The van der Waals surface area contributed by atoms with Gasteiger partial charge in [0, 0.05) is 6.42 Å². The van der Waals surface area contributed by atoms with Crippen molar-refractivity contribution in [3.05, 3.63) is 35.9 Å². The molecule has 0 saturated carbocycles. The molecular weight excluding hydrogens is 444 g/mol. The van der Waals surface area contributed by atoms with Crippen LogP contribution in [0.4, 0.5) is 0 Å². The average Bonchev–Trinajstić information content (AvgIpc) is 2.75. The Hall–Kier alpha value is -3.47. The van der Waals surface area contributed by atoms with Gasteiger partial charge in [-0.2, -0.15) is 0 Å². The number of carbonyl (C=O) groups excluding carboxylic acids is 3. The van der Waals surface area contributed by atoms with Crippen molar-refractivity contribution < 1.29 is 34.2 Å². The van der Waals surface area contributed by atoms with E-state index in [1.165, 1.54) is 6.92 Å². The van der Waals surface area contributed by atoms with Gasteiger partial charge in [-0.05, 0) is 37.7 Å². The van der Waals surface area contributed by atoms with Gasteiger partial charge in [0.1, 0.15) is 18.1 Å². The minimum Gasteiger partial charge on any atom is -0.481 e. The van der Waals surface area contributed by atoms with E-state index in [4.69, 9.17) is 15.9 Å². The smallest absolute Gasteiger partial charge is 0.325 e. The van der Waals surface area contributed by atoms with Gasteiger partial charge in [-0.25, -0.2) is 0 Å². The van der Waals surface area contributed by atoms with Crippen LogP contribution in [0.15, 0.2) is 30.3 Å². The number of benzene rings is 1. The summed E-state index contributed by atoms with van der Waals surface area (Å²) in [5.74, 6) is -4.54. The number of carboxylic acid groups (broad SMARTS) is 2. The van der Waals surface area contributed by atoms with E-state index in [1.807, 2.05) is 44.2 Å². The highest BCUT2D eigenvalue weighted by atomic mass is 16.4. The van der Waals surface area contributed by atoms with Crippen molar-refractivity contribution in [3.8, 4) is 0 Å². The van der Waals surface area contributed by atoms with Crippen LogP contribution in [0.3, 0.4) is 0 Å². The molecular formula is C23H34N4O7. The van der Waals surface area contributed by atoms with Gasteiger partial charge in [0.2, 0.25) is 17.7 Å². The molecule has 3 amide bonds. The molecule has 0 aliphatic heterocycles. The van der Waals surface area contributed by atoms with Gasteiger partial charge in [0.15, 0.2) is 0 Å². The van der Waals surface area contributed by atoms with Gasteiger partial charge in [0.25, 0.3) is 0 Å². The van der Waals surface area contributed by atoms with Crippen molar-refractivity contribution >= 4 is 29.7 Å². The van der Waals surface area contributed by atoms with Crippen molar-refractivity contribution in [1.29, 1.82) is 0 Å². The largest absolute Gasteiger partial charge is 0.481 e. The first-order chi connectivity index (χ1) is 15.9. The van der Waals surface area contributed by atoms with E-state index in [-0.39, 0.29) is 25.2 Å². The number of carboxylic acids is 2. The fourth-order valence-corrected chi connectivity index (χ4v) is 3.13. The number of amides is 3. The van der Waals surface area contributed by atoms with Gasteiger partial charge in [0.05, 0.1) is 6.04 Å². The highest BCUT2D eigenvalue weighted by molar-refractivity contribution is 5.94. The third-order valence-corrected chi connectivity index (χ3v) is 4.98. The molecule has 1 aromatic carbocycles. The third-order valence-electron chi connectivity index (χ3n) is 4.98. The average molecular weight is 479 g/mol. The molecule has 0 heterocycles. The number of aliphatic carboxylic acids is 2. The Kier molecular flexibility index (Phi) is 11.7. The summed E-state index contributed by atoms with van der Waals surface area (Å²) in [6.45, 7) is 4.94. The molecule has 11 heteroatoms. The molecule has 188 valence electrons. The molecule has 0 radical (unpaired) electrons. The lowest BCUT2D eigenvalue weighted by Gasteiger charge is -2.25. The minimum atomic E-state index is -1.30. The van der Waals surface area contributed by atoms with Crippen LogP contribution in [0.1, 0.15) is 45.6 Å². The lowest BCUT2D eigenvalue weighted by Crippen LogP contribution is -2.57. The Bertz CT molecular complexity index is 860. The Morgan fingerprint density at radius 1 is 0.853 bits per heavy atom. The van der Waals surface area contributed by atoms with E-state index in [9.17, 15) is 24.0 Å². The molecule has 34 heavy (non-hydrogen) atoms. The number of nitrogens with two attached hydrogens (primary N) is 1. The van der Waals surface area contributed by atoms with Crippen molar-refractivity contribution in [2.75, 3.05) is 0 Å². The number of carbonyl (C=O) groups is 5. The maximum Gasteiger partial charge on any atom is 0.325 e. The molecule has 1 aromatic rings. The van der Waals surface area contributed by atoms with Crippen molar-refractivity contribution in [1.82, 2.24) is 16.0 Å².